The molecular formula is C22H20FNO4. The van der Waals surface area contributed by atoms with Gasteiger partial charge in [-0.15, -0.1) is 0 Å². The lowest BCUT2D eigenvalue weighted by Crippen LogP contribution is -2.27. The number of amides is 1. The van der Waals surface area contributed by atoms with Crippen LogP contribution < -0.4 is 15.0 Å². The summed E-state index contributed by atoms with van der Waals surface area (Å²) in [6, 6.07) is 22.1. The Morgan fingerprint density at radius 1 is 0.821 bits per heavy atom. The Morgan fingerprint density at radius 2 is 1.32 bits per heavy atom. The normalized spacial score (nSPS) is 11.5. The minimum absolute atomic E-state index is 0.312. The van der Waals surface area contributed by atoms with Crippen LogP contribution in [0.15, 0.2) is 78.9 Å². The first-order valence-electron chi connectivity index (χ1n) is 8.77. The van der Waals surface area contributed by atoms with Gasteiger partial charge >= 0.3 is 0 Å². The fourth-order valence-electron chi connectivity index (χ4n) is 2.81. The zero-order valence-corrected chi connectivity index (χ0v) is 15.0. The number of carbonyl (C=O) groups excluding carboxylic acids is 1. The lowest BCUT2D eigenvalue weighted by molar-refractivity contribution is -0.129. The first kappa shape index (κ1) is 19.4. The lowest BCUT2D eigenvalue weighted by Gasteiger charge is -2.16. The molecule has 0 spiro atoms. The van der Waals surface area contributed by atoms with Crippen molar-refractivity contribution in [2.45, 2.75) is 5.92 Å². The van der Waals surface area contributed by atoms with Gasteiger partial charge in [0.2, 0.25) is 0 Å². The number of rotatable bonds is 8. The molecule has 2 N–H and O–H groups in total. The highest BCUT2D eigenvalue weighted by Gasteiger charge is 2.22. The van der Waals surface area contributed by atoms with Gasteiger partial charge < -0.3 is 9.47 Å². The van der Waals surface area contributed by atoms with Gasteiger partial charge in [0.1, 0.15) is 30.5 Å². The molecule has 3 aromatic carbocycles. The van der Waals surface area contributed by atoms with Crippen LogP contribution in [0.3, 0.4) is 0 Å². The second-order valence-electron chi connectivity index (χ2n) is 6.04. The van der Waals surface area contributed by atoms with Crippen LogP contribution in [-0.4, -0.2) is 24.3 Å². The van der Waals surface area contributed by atoms with Gasteiger partial charge in [-0.3, -0.25) is 10.0 Å². The van der Waals surface area contributed by atoms with E-state index in [4.69, 9.17) is 14.7 Å². The number of nitrogens with one attached hydrogen (secondary N) is 1. The first-order valence-corrected chi connectivity index (χ1v) is 8.77. The van der Waals surface area contributed by atoms with Crippen molar-refractivity contribution in [3.8, 4) is 11.5 Å². The number of hydroxylamine groups is 1. The molecule has 0 bridgehead atoms. The van der Waals surface area contributed by atoms with E-state index in [-0.39, 0.29) is 5.82 Å². The second kappa shape index (κ2) is 9.53. The predicted molar refractivity (Wildman–Crippen MR) is 102 cm³/mol. The Balaban J connectivity index is 1.58. The average Bonchev–Trinajstić information content (AvgIpc) is 2.74. The summed E-state index contributed by atoms with van der Waals surface area (Å²) in [5.74, 6) is -0.245. The van der Waals surface area contributed by atoms with Crippen molar-refractivity contribution in [3.63, 3.8) is 0 Å². The highest BCUT2D eigenvalue weighted by Crippen LogP contribution is 2.26. The summed E-state index contributed by atoms with van der Waals surface area (Å²) in [6.07, 6.45) is 0. The molecule has 3 rings (SSSR count). The Morgan fingerprint density at radius 3 is 1.86 bits per heavy atom. The third kappa shape index (κ3) is 5.08. The van der Waals surface area contributed by atoms with Crippen molar-refractivity contribution in [2.24, 2.45) is 0 Å². The van der Waals surface area contributed by atoms with Crippen LogP contribution in [0.2, 0.25) is 0 Å². The number of ether oxygens (including phenoxy) is 2. The van der Waals surface area contributed by atoms with Crippen LogP contribution >= 0.6 is 0 Å². The third-order valence-corrected chi connectivity index (χ3v) is 4.15. The van der Waals surface area contributed by atoms with Crippen LogP contribution in [0, 0.1) is 5.82 Å². The van der Waals surface area contributed by atoms with E-state index in [9.17, 15) is 9.18 Å². The molecule has 0 fully saturated rings. The van der Waals surface area contributed by atoms with Gasteiger partial charge in [-0.1, -0.05) is 42.5 Å². The minimum Gasteiger partial charge on any atom is -0.490 e. The average molecular weight is 381 g/mol. The van der Waals surface area contributed by atoms with Gasteiger partial charge in [0, 0.05) is 0 Å². The van der Waals surface area contributed by atoms with Crippen LogP contribution in [-0.2, 0) is 4.79 Å². The van der Waals surface area contributed by atoms with Crippen molar-refractivity contribution in [2.75, 3.05) is 13.2 Å². The Labute approximate surface area is 162 Å². The summed E-state index contributed by atoms with van der Waals surface area (Å²) in [5.41, 5.74) is 3.23. The van der Waals surface area contributed by atoms with Gasteiger partial charge in [-0.05, 0) is 47.5 Å². The van der Waals surface area contributed by atoms with Crippen LogP contribution in [0.4, 0.5) is 4.39 Å². The van der Waals surface area contributed by atoms with Gasteiger partial charge in [0.25, 0.3) is 5.91 Å². The van der Waals surface area contributed by atoms with E-state index < -0.39 is 11.8 Å². The maximum atomic E-state index is 12.8. The molecule has 28 heavy (non-hydrogen) atoms. The monoisotopic (exact) mass is 381 g/mol. The largest absolute Gasteiger partial charge is 0.490 e. The predicted octanol–water partition coefficient (Wildman–Crippen LogP) is 3.92. The van der Waals surface area contributed by atoms with E-state index in [1.54, 1.807) is 41.9 Å². The number of halogens is 1. The van der Waals surface area contributed by atoms with E-state index in [0.29, 0.717) is 24.7 Å². The van der Waals surface area contributed by atoms with Crippen LogP contribution in [0.25, 0.3) is 0 Å². The molecule has 6 heteroatoms. The van der Waals surface area contributed by atoms with Gasteiger partial charge in [-0.2, -0.15) is 0 Å². The Bertz CT molecular complexity index is 883. The SMILES string of the molecule is O=C(NO)C(c1ccccc1)c1ccc(OCCOc2ccc(F)cc2)cc1. The van der Waals surface area contributed by atoms with E-state index >= 15 is 0 Å². The van der Waals surface area contributed by atoms with E-state index in [1.165, 1.54) is 12.1 Å². The smallest absolute Gasteiger partial charge is 0.255 e. The summed E-state index contributed by atoms with van der Waals surface area (Å²) in [6.45, 7) is 0.628. The van der Waals surface area contributed by atoms with Crippen molar-refractivity contribution in [3.05, 3.63) is 95.8 Å². The van der Waals surface area contributed by atoms with Crippen LogP contribution in [0.5, 0.6) is 11.5 Å². The molecule has 0 aromatic heterocycles. The molecule has 1 amide bonds. The van der Waals surface area contributed by atoms with Gasteiger partial charge in [0.05, 0.1) is 5.92 Å². The quantitative estimate of drug-likeness (QED) is 0.353. The van der Waals surface area contributed by atoms with Crippen molar-refractivity contribution < 1.29 is 23.9 Å². The molecule has 0 aliphatic rings. The zero-order chi connectivity index (χ0) is 19.8. The first-order chi connectivity index (χ1) is 13.7. The lowest BCUT2D eigenvalue weighted by atomic mass is 9.91. The fourth-order valence-corrected chi connectivity index (χ4v) is 2.81. The minimum atomic E-state index is -0.623. The third-order valence-electron chi connectivity index (χ3n) is 4.15. The molecule has 144 valence electrons. The number of benzene rings is 3. The Hall–Kier alpha value is -3.38. The topological polar surface area (TPSA) is 67.8 Å². The zero-order valence-electron chi connectivity index (χ0n) is 15.0. The molecule has 0 heterocycles. The molecule has 0 aliphatic heterocycles. The summed E-state index contributed by atoms with van der Waals surface area (Å²) in [5, 5.41) is 9.08. The highest BCUT2D eigenvalue weighted by atomic mass is 19.1. The molecular weight excluding hydrogens is 361 g/mol. The number of carbonyl (C=O) groups is 1. The van der Waals surface area contributed by atoms with E-state index in [1.807, 2.05) is 30.3 Å². The standard InChI is InChI=1S/C22H20FNO4/c23-18-8-12-20(13-9-18)28-15-14-27-19-10-6-17(7-11-19)21(22(25)24-26)16-4-2-1-3-5-16/h1-13,21,26H,14-15H2,(H,24,25). The molecule has 0 saturated heterocycles. The molecule has 1 unspecified atom stereocenters. The summed E-state index contributed by atoms with van der Waals surface area (Å²) in [7, 11) is 0. The fraction of sp³-hybridized carbons (Fsp3) is 0.136. The number of hydrogen-bond acceptors (Lipinski definition) is 4. The van der Waals surface area contributed by atoms with Gasteiger partial charge in [0.15, 0.2) is 0 Å². The van der Waals surface area contributed by atoms with E-state index in [2.05, 4.69) is 0 Å². The summed E-state index contributed by atoms with van der Waals surface area (Å²) >= 11 is 0. The molecule has 5 nitrogen and oxygen atoms in total. The molecule has 0 saturated carbocycles. The van der Waals surface area contributed by atoms with Crippen molar-refractivity contribution >= 4 is 5.91 Å². The van der Waals surface area contributed by atoms with E-state index in [0.717, 1.165) is 11.1 Å². The van der Waals surface area contributed by atoms with Crippen LogP contribution in [0.1, 0.15) is 17.0 Å². The number of hydrogen-bond donors (Lipinski definition) is 2. The molecule has 3 aromatic rings. The van der Waals surface area contributed by atoms with Crippen molar-refractivity contribution in [1.29, 1.82) is 0 Å². The molecule has 0 aliphatic carbocycles. The maximum Gasteiger partial charge on any atom is 0.255 e. The molecule has 0 radical (unpaired) electrons. The Kier molecular flexibility index (Phi) is 6.59. The van der Waals surface area contributed by atoms with Gasteiger partial charge in [-0.25, -0.2) is 9.87 Å². The summed E-state index contributed by atoms with van der Waals surface area (Å²) in [4.78, 5) is 12.1. The molecule has 1 atom stereocenters. The summed E-state index contributed by atoms with van der Waals surface area (Å²) < 4.78 is 24.0. The highest BCUT2D eigenvalue weighted by molar-refractivity contribution is 5.86. The maximum absolute atomic E-state index is 12.8. The second-order valence-corrected chi connectivity index (χ2v) is 6.04. The van der Waals surface area contributed by atoms with Crippen molar-refractivity contribution in [1.82, 2.24) is 5.48 Å².